The Bertz CT molecular complexity index is 677. The number of methoxy groups -OCH3 is 1. The quantitative estimate of drug-likeness (QED) is 0.875. The van der Waals surface area contributed by atoms with E-state index in [2.05, 4.69) is 15.4 Å². The molecule has 1 N–H and O–H groups in total. The van der Waals surface area contributed by atoms with E-state index in [1.54, 1.807) is 14.0 Å². The number of carbonyl (C=O) groups is 1. The number of rotatable bonds is 4. The molecule has 0 atom stereocenters. The van der Waals surface area contributed by atoms with Crippen LogP contribution in [0.4, 0.5) is 0 Å². The fourth-order valence-corrected chi connectivity index (χ4v) is 2.38. The molecule has 0 fully saturated rings. The van der Waals surface area contributed by atoms with E-state index in [0.29, 0.717) is 12.3 Å². The molecular formula is C15H19N3O3. The van der Waals surface area contributed by atoms with Crippen molar-refractivity contribution in [3.05, 3.63) is 28.5 Å². The Morgan fingerprint density at radius 2 is 1.95 bits per heavy atom. The van der Waals surface area contributed by atoms with E-state index < -0.39 is 5.97 Å². The number of H-pyrrole nitrogens is 1. The molecule has 0 aliphatic carbocycles. The van der Waals surface area contributed by atoms with Crippen molar-refractivity contribution in [1.82, 2.24) is 15.4 Å². The second-order valence-electron chi connectivity index (χ2n) is 4.77. The van der Waals surface area contributed by atoms with Crippen molar-refractivity contribution >= 4 is 5.97 Å². The number of carbonyl (C=O) groups excluding carboxylic acids is 1. The van der Waals surface area contributed by atoms with Crippen molar-refractivity contribution in [1.29, 1.82) is 0 Å². The minimum atomic E-state index is -0.480. The van der Waals surface area contributed by atoms with Gasteiger partial charge in [0, 0.05) is 5.56 Å². The summed E-state index contributed by atoms with van der Waals surface area (Å²) in [6, 6.07) is 1.95. The normalized spacial score (nSPS) is 10.5. The summed E-state index contributed by atoms with van der Waals surface area (Å²) in [5.74, 6) is 0.365. The Hall–Kier alpha value is -2.37. The van der Waals surface area contributed by atoms with E-state index >= 15 is 0 Å². The van der Waals surface area contributed by atoms with Gasteiger partial charge in [0.15, 0.2) is 5.69 Å². The lowest BCUT2D eigenvalue weighted by molar-refractivity contribution is 0.0520. The Morgan fingerprint density at radius 3 is 2.57 bits per heavy atom. The van der Waals surface area contributed by atoms with Crippen molar-refractivity contribution in [2.45, 2.75) is 27.7 Å². The minimum Gasteiger partial charge on any atom is -0.496 e. The first-order chi connectivity index (χ1) is 10.0. The number of esters is 1. The van der Waals surface area contributed by atoms with Crippen LogP contribution < -0.4 is 4.74 Å². The molecular weight excluding hydrogens is 270 g/mol. The van der Waals surface area contributed by atoms with Crippen LogP contribution in [0.25, 0.3) is 11.3 Å². The third-order valence-electron chi connectivity index (χ3n) is 3.50. The second-order valence-corrected chi connectivity index (χ2v) is 4.77. The van der Waals surface area contributed by atoms with Crippen molar-refractivity contribution < 1.29 is 14.3 Å². The standard InChI is InChI=1S/C15H19N3O3/c1-6-21-15(19)13-12(16-18-17-13)11-7-8(2)14(20-5)10(4)9(11)3/h7H,6H2,1-5H3,(H,16,17,18). The topological polar surface area (TPSA) is 77.1 Å². The summed E-state index contributed by atoms with van der Waals surface area (Å²) in [6.45, 7) is 7.96. The predicted octanol–water partition coefficient (Wildman–Crippen LogP) is 2.58. The van der Waals surface area contributed by atoms with Gasteiger partial charge >= 0.3 is 5.97 Å². The number of nitrogens with one attached hydrogen (secondary N) is 1. The van der Waals surface area contributed by atoms with Gasteiger partial charge in [-0.15, -0.1) is 5.10 Å². The molecule has 0 saturated carbocycles. The highest BCUT2D eigenvalue weighted by Gasteiger charge is 2.22. The van der Waals surface area contributed by atoms with Crippen LogP contribution >= 0.6 is 0 Å². The van der Waals surface area contributed by atoms with E-state index in [4.69, 9.17) is 9.47 Å². The zero-order valence-electron chi connectivity index (χ0n) is 12.9. The zero-order valence-corrected chi connectivity index (χ0v) is 12.9. The van der Waals surface area contributed by atoms with Crippen LogP contribution in [0.1, 0.15) is 34.1 Å². The van der Waals surface area contributed by atoms with Gasteiger partial charge in [0.2, 0.25) is 0 Å². The fraction of sp³-hybridized carbons (Fsp3) is 0.400. The van der Waals surface area contributed by atoms with Gasteiger partial charge in [0.05, 0.1) is 13.7 Å². The van der Waals surface area contributed by atoms with Gasteiger partial charge in [-0.2, -0.15) is 10.3 Å². The van der Waals surface area contributed by atoms with Crippen LogP contribution in [0.15, 0.2) is 6.07 Å². The highest BCUT2D eigenvalue weighted by atomic mass is 16.5. The molecule has 0 unspecified atom stereocenters. The molecule has 0 radical (unpaired) electrons. The highest BCUT2D eigenvalue weighted by Crippen LogP contribution is 2.34. The Labute approximate surface area is 123 Å². The van der Waals surface area contributed by atoms with Gasteiger partial charge < -0.3 is 9.47 Å². The smallest absolute Gasteiger partial charge is 0.361 e. The molecule has 0 bridgehead atoms. The molecule has 112 valence electrons. The zero-order chi connectivity index (χ0) is 15.6. The molecule has 0 amide bonds. The minimum absolute atomic E-state index is 0.198. The second kappa shape index (κ2) is 5.95. The molecule has 1 aromatic carbocycles. The van der Waals surface area contributed by atoms with Crippen LogP contribution in [0, 0.1) is 20.8 Å². The predicted molar refractivity (Wildman–Crippen MR) is 78.5 cm³/mol. The lowest BCUT2D eigenvalue weighted by atomic mass is 9.96. The van der Waals surface area contributed by atoms with Gasteiger partial charge in [-0.1, -0.05) is 0 Å². The summed E-state index contributed by atoms with van der Waals surface area (Å²) >= 11 is 0. The molecule has 0 aliphatic rings. The highest BCUT2D eigenvalue weighted by molar-refractivity contribution is 5.94. The van der Waals surface area contributed by atoms with Gasteiger partial charge in [-0.05, 0) is 50.5 Å². The van der Waals surface area contributed by atoms with Crippen LogP contribution in [-0.4, -0.2) is 35.1 Å². The number of aromatic nitrogens is 3. The largest absolute Gasteiger partial charge is 0.496 e. The number of nitrogens with zero attached hydrogens (tertiary/aromatic N) is 2. The number of ether oxygens (including phenoxy) is 2. The maximum Gasteiger partial charge on any atom is 0.361 e. The lowest BCUT2D eigenvalue weighted by Crippen LogP contribution is -2.07. The van der Waals surface area contributed by atoms with Crippen molar-refractivity contribution in [2.24, 2.45) is 0 Å². The van der Waals surface area contributed by atoms with Crippen molar-refractivity contribution in [3.8, 4) is 17.0 Å². The first kappa shape index (κ1) is 15.0. The Kier molecular flexibility index (Phi) is 4.26. The molecule has 6 heteroatoms. The van der Waals surface area contributed by atoms with Gasteiger partial charge in [0.25, 0.3) is 0 Å². The van der Waals surface area contributed by atoms with Crippen molar-refractivity contribution in [3.63, 3.8) is 0 Å². The molecule has 2 aromatic rings. The number of benzene rings is 1. The van der Waals surface area contributed by atoms with Gasteiger partial charge in [-0.25, -0.2) is 4.79 Å². The summed E-state index contributed by atoms with van der Waals surface area (Å²) in [5.41, 5.74) is 4.54. The summed E-state index contributed by atoms with van der Waals surface area (Å²) in [5, 5.41) is 10.5. The third-order valence-corrected chi connectivity index (χ3v) is 3.50. The summed E-state index contributed by atoms with van der Waals surface area (Å²) in [6.07, 6.45) is 0. The lowest BCUT2D eigenvalue weighted by Gasteiger charge is -2.14. The Balaban J connectivity index is 2.59. The fourth-order valence-electron chi connectivity index (χ4n) is 2.38. The number of aryl methyl sites for hydroxylation is 1. The van der Waals surface area contributed by atoms with Gasteiger partial charge in [-0.3, -0.25) is 0 Å². The first-order valence-electron chi connectivity index (χ1n) is 6.74. The van der Waals surface area contributed by atoms with E-state index in [1.807, 2.05) is 26.8 Å². The average molecular weight is 289 g/mol. The summed E-state index contributed by atoms with van der Waals surface area (Å²) < 4.78 is 10.4. The average Bonchev–Trinajstić information content (AvgIpc) is 2.93. The molecule has 21 heavy (non-hydrogen) atoms. The maximum atomic E-state index is 11.9. The number of hydrogen-bond donors (Lipinski definition) is 1. The van der Waals surface area contributed by atoms with Gasteiger partial charge in [0.1, 0.15) is 11.4 Å². The van der Waals surface area contributed by atoms with E-state index in [9.17, 15) is 4.79 Å². The van der Waals surface area contributed by atoms with Crippen LogP contribution in [0.3, 0.4) is 0 Å². The molecule has 0 spiro atoms. The molecule has 0 saturated heterocycles. The number of aromatic amines is 1. The SMILES string of the molecule is CCOC(=O)c1n[nH]nc1-c1cc(C)c(OC)c(C)c1C. The molecule has 2 rings (SSSR count). The van der Waals surface area contributed by atoms with Crippen LogP contribution in [0.5, 0.6) is 5.75 Å². The van der Waals surface area contributed by atoms with Crippen LogP contribution in [0.2, 0.25) is 0 Å². The molecule has 1 heterocycles. The van der Waals surface area contributed by atoms with E-state index in [-0.39, 0.29) is 5.69 Å². The molecule has 1 aromatic heterocycles. The Morgan fingerprint density at radius 1 is 1.24 bits per heavy atom. The molecule has 6 nitrogen and oxygen atoms in total. The summed E-state index contributed by atoms with van der Waals surface area (Å²) in [7, 11) is 1.65. The first-order valence-corrected chi connectivity index (χ1v) is 6.74. The van der Waals surface area contributed by atoms with E-state index in [0.717, 1.165) is 28.0 Å². The monoisotopic (exact) mass is 289 g/mol. The van der Waals surface area contributed by atoms with Crippen LogP contribution in [-0.2, 0) is 4.74 Å². The van der Waals surface area contributed by atoms with Crippen molar-refractivity contribution in [2.75, 3.05) is 13.7 Å². The van der Waals surface area contributed by atoms with E-state index in [1.165, 1.54) is 0 Å². The molecule has 0 aliphatic heterocycles. The maximum absolute atomic E-state index is 11.9. The summed E-state index contributed by atoms with van der Waals surface area (Å²) in [4.78, 5) is 11.9. The number of hydrogen-bond acceptors (Lipinski definition) is 5. The third kappa shape index (κ3) is 2.61.